The predicted molar refractivity (Wildman–Crippen MR) is 78.5 cm³/mol. The van der Waals surface area contributed by atoms with Crippen LogP contribution in [0.1, 0.15) is 54.4 Å². The zero-order chi connectivity index (χ0) is 13.3. The van der Waals surface area contributed by atoms with Gasteiger partial charge in [-0.25, -0.2) is 0 Å². The van der Waals surface area contributed by atoms with Gasteiger partial charge in [0.1, 0.15) is 0 Å². The quantitative estimate of drug-likeness (QED) is 0.632. The van der Waals surface area contributed by atoms with E-state index < -0.39 is 0 Å². The summed E-state index contributed by atoms with van der Waals surface area (Å²) in [5.41, 5.74) is 0. The van der Waals surface area contributed by atoms with Crippen LogP contribution in [0.2, 0.25) is 0 Å². The molecule has 0 aliphatic heterocycles. The van der Waals surface area contributed by atoms with Crippen LogP contribution in [0.3, 0.4) is 0 Å². The second-order valence-electron chi connectivity index (χ2n) is 5.75. The Hall–Kier alpha value is -0.0800. The summed E-state index contributed by atoms with van der Waals surface area (Å²) in [5.74, 6) is 1.48. The molecule has 0 aromatic carbocycles. The number of nitrogens with one attached hydrogen (secondary N) is 1. The molecule has 0 aromatic heterocycles. The van der Waals surface area contributed by atoms with Crippen molar-refractivity contribution >= 4 is 0 Å². The summed E-state index contributed by atoms with van der Waals surface area (Å²) in [6.45, 7) is 18.5. The first-order chi connectivity index (χ1) is 8.02. The summed E-state index contributed by atoms with van der Waals surface area (Å²) in [5, 5.41) is 3.57. The number of hydrogen-bond acceptors (Lipinski definition) is 2. The molecule has 0 saturated heterocycles. The fraction of sp³-hybridized carbons (Fsp3) is 1.00. The molecule has 0 radical (unpaired) electrons. The molecule has 0 rings (SSSR count). The summed E-state index contributed by atoms with van der Waals surface area (Å²) in [6, 6.07) is 0.686. The van der Waals surface area contributed by atoms with E-state index in [2.05, 4.69) is 51.8 Å². The molecule has 0 spiro atoms. The minimum Gasteiger partial charge on any atom is -0.316 e. The minimum atomic E-state index is 0.686. The Morgan fingerprint density at radius 1 is 1.00 bits per heavy atom. The SMILES string of the molecule is CCCCN(CC)C(C)C(C)CNCC(C)C. The standard InChI is InChI=1S/C15H34N2/c1-7-9-10-17(8-2)15(6)14(5)12-16-11-13(3)4/h13-16H,7-12H2,1-6H3. The maximum Gasteiger partial charge on any atom is 0.0104 e. The summed E-state index contributed by atoms with van der Waals surface area (Å²) >= 11 is 0. The lowest BCUT2D eigenvalue weighted by Gasteiger charge is -2.32. The molecular weight excluding hydrogens is 208 g/mol. The number of hydrogen-bond donors (Lipinski definition) is 1. The third-order valence-electron chi connectivity index (χ3n) is 3.62. The van der Waals surface area contributed by atoms with Gasteiger partial charge in [-0.1, -0.05) is 41.0 Å². The number of nitrogens with zero attached hydrogens (tertiary/aromatic N) is 1. The zero-order valence-electron chi connectivity index (χ0n) is 12.9. The first-order valence-electron chi connectivity index (χ1n) is 7.47. The van der Waals surface area contributed by atoms with Gasteiger partial charge in [0.2, 0.25) is 0 Å². The molecule has 0 aliphatic rings. The van der Waals surface area contributed by atoms with E-state index in [0.717, 1.165) is 24.9 Å². The predicted octanol–water partition coefficient (Wildman–Crippen LogP) is 3.38. The zero-order valence-corrected chi connectivity index (χ0v) is 12.9. The fourth-order valence-corrected chi connectivity index (χ4v) is 2.14. The van der Waals surface area contributed by atoms with E-state index in [1.54, 1.807) is 0 Å². The third-order valence-corrected chi connectivity index (χ3v) is 3.62. The highest BCUT2D eigenvalue weighted by Gasteiger charge is 2.17. The van der Waals surface area contributed by atoms with E-state index in [-0.39, 0.29) is 0 Å². The Balaban J connectivity index is 3.93. The monoisotopic (exact) mass is 242 g/mol. The molecule has 0 fully saturated rings. The van der Waals surface area contributed by atoms with E-state index in [9.17, 15) is 0 Å². The molecule has 0 amide bonds. The van der Waals surface area contributed by atoms with Crippen LogP contribution in [0.4, 0.5) is 0 Å². The van der Waals surface area contributed by atoms with Crippen molar-refractivity contribution < 1.29 is 0 Å². The molecule has 0 heterocycles. The molecule has 0 aromatic rings. The normalized spacial score (nSPS) is 15.5. The van der Waals surface area contributed by atoms with E-state index >= 15 is 0 Å². The third kappa shape index (κ3) is 7.77. The summed E-state index contributed by atoms with van der Waals surface area (Å²) in [6.07, 6.45) is 2.62. The lowest BCUT2D eigenvalue weighted by atomic mass is 10.0. The van der Waals surface area contributed by atoms with Gasteiger partial charge in [-0.05, 0) is 51.4 Å². The highest BCUT2D eigenvalue weighted by atomic mass is 15.1. The second-order valence-corrected chi connectivity index (χ2v) is 5.75. The van der Waals surface area contributed by atoms with Gasteiger partial charge in [0.05, 0.1) is 0 Å². The largest absolute Gasteiger partial charge is 0.316 e. The molecule has 0 saturated carbocycles. The average Bonchev–Trinajstić information content (AvgIpc) is 2.29. The molecule has 1 N–H and O–H groups in total. The van der Waals surface area contributed by atoms with Gasteiger partial charge in [0.25, 0.3) is 0 Å². The van der Waals surface area contributed by atoms with Gasteiger partial charge in [0, 0.05) is 6.04 Å². The van der Waals surface area contributed by atoms with Crippen molar-refractivity contribution in [3.05, 3.63) is 0 Å². The molecule has 2 atom stereocenters. The van der Waals surface area contributed by atoms with Crippen LogP contribution in [0.5, 0.6) is 0 Å². The van der Waals surface area contributed by atoms with Crippen molar-refractivity contribution in [1.82, 2.24) is 10.2 Å². The van der Waals surface area contributed by atoms with Crippen molar-refractivity contribution in [3.63, 3.8) is 0 Å². The molecular formula is C15H34N2. The first kappa shape index (κ1) is 16.9. The van der Waals surface area contributed by atoms with E-state index in [1.807, 2.05) is 0 Å². The van der Waals surface area contributed by atoms with E-state index in [1.165, 1.54) is 25.9 Å². The Labute approximate surface area is 109 Å². The Morgan fingerprint density at radius 2 is 1.65 bits per heavy atom. The Bertz CT molecular complexity index is 168. The molecule has 0 aliphatic carbocycles. The molecule has 2 heteroatoms. The van der Waals surface area contributed by atoms with Gasteiger partial charge >= 0.3 is 0 Å². The van der Waals surface area contributed by atoms with Gasteiger partial charge in [-0.15, -0.1) is 0 Å². The Morgan fingerprint density at radius 3 is 2.12 bits per heavy atom. The van der Waals surface area contributed by atoms with Crippen LogP contribution in [0, 0.1) is 11.8 Å². The lowest BCUT2D eigenvalue weighted by Crippen LogP contribution is -2.42. The van der Waals surface area contributed by atoms with Gasteiger partial charge in [-0.3, -0.25) is 0 Å². The van der Waals surface area contributed by atoms with E-state index in [0.29, 0.717) is 6.04 Å². The molecule has 17 heavy (non-hydrogen) atoms. The molecule has 0 bridgehead atoms. The van der Waals surface area contributed by atoms with Crippen LogP contribution in [-0.4, -0.2) is 37.1 Å². The number of unbranched alkanes of at least 4 members (excludes halogenated alkanes) is 1. The molecule has 2 unspecified atom stereocenters. The van der Waals surface area contributed by atoms with Crippen molar-refractivity contribution in [3.8, 4) is 0 Å². The van der Waals surface area contributed by atoms with E-state index in [4.69, 9.17) is 0 Å². The van der Waals surface area contributed by atoms with Crippen LogP contribution < -0.4 is 5.32 Å². The van der Waals surface area contributed by atoms with Crippen molar-refractivity contribution in [2.45, 2.75) is 60.4 Å². The Kier molecular flexibility index (Phi) is 9.85. The first-order valence-corrected chi connectivity index (χ1v) is 7.47. The molecule has 2 nitrogen and oxygen atoms in total. The van der Waals surface area contributed by atoms with Gasteiger partial charge in [-0.2, -0.15) is 0 Å². The maximum absolute atomic E-state index is 3.57. The topological polar surface area (TPSA) is 15.3 Å². The van der Waals surface area contributed by atoms with Crippen molar-refractivity contribution in [2.75, 3.05) is 26.2 Å². The maximum atomic E-state index is 3.57. The van der Waals surface area contributed by atoms with Crippen LogP contribution in [0.25, 0.3) is 0 Å². The second kappa shape index (κ2) is 9.90. The smallest absolute Gasteiger partial charge is 0.0104 e. The lowest BCUT2D eigenvalue weighted by molar-refractivity contribution is 0.164. The minimum absolute atomic E-state index is 0.686. The summed E-state index contributed by atoms with van der Waals surface area (Å²) in [7, 11) is 0. The molecule has 104 valence electrons. The fourth-order valence-electron chi connectivity index (χ4n) is 2.14. The average molecular weight is 242 g/mol. The van der Waals surface area contributed by atoms with Crippen LogP contribution >= 0.6 is 0 Å². The highest BCUT2D eigenvalue weighted by Crippen LogP contribution is 2.11. The van der Waals surface area contributed by atoms with Crippen molar-refractivity contribution in [2.24, 2.45) is 11.8 Å². The van der Waals surface area contributed by atoms with Crippen molar-refractivity contribution in [1.29, 1.82) is 0 Å². The van der Waals surface area contributed by atoms with Gasteiger partial charge in [0.15, 0.2) is 0 Å². The number of rotatable bonds is 10. The van der Waals surface area contributed by atoms with Crippen LogP contribution in [0.15, 0.2) is 0 Å². The summed E-state index contributed by atoms with van der Waals surface area (Å²) < 4.78 is 0. The highest BCUT2D eigenvalue weighted by molar-refractivity contribution is 4.74. The van der Waals surface area contributed by atoms with Gasteiger partial charge < -0.3 is 10.2 Å². The summed E-state index contributed by atoms with van der Waals surface area (Å²) in [4.78, 5) is 2.62. The van der Waals surface area contributed by atoms with Crippen LogP contribution in [-0.2, 0) is 0 Å².